The summed E-state index contributed by atoms with van der Waals surface area (Å²) in [4.78, 5) is 18.7. The Morgan fingerprint density at radius 3 is 2.65 bits per heavy atom. The van der Waals surface area contributed by atoms with Gasteiger partial charge in [0, 0.05) is 63.2 Å². The molecule has 2 aromatic heterocycles. The summed E-state index contributed by atoms with van der Waals surface area (Å²) < 4.78 is 2.18. The number of aromatic amines is 1. The Kier molecular flexibility index (Phi) is 5.43. The maximum atomic E-state index is 13.3. The molecule has 4 nitrogen and oxygen atoms in total. The molecule has 1 aliphatic rings. The lowest BCUT2D eigenvalue weighted by Crippen LogP contribution is -2.40. The van der Waals surface area contributed by atoms with Gasteiger partial charge in [-0.2, -0.15) is 0 Å². The number of rotatable bonds is 4. The first-order valence-corrected chi connectivity index (χ1v) is 11.1. The van der Waals surface area contributed by atoms with E-state index < -0.39 is 0 Å². The fourth-order valence-electron chi connectivity index (χ4n) is 4.53. The Hall–Kier alpha value is -2.82. The number of fused-ring (bicyclic) bond motifs is 3. The van der Waals surface area contributed by atoms with E-state index in [-0.39, 0.29) is 11.8 Å². The van der Waals surface area contributed by atoms with Gasteiger partial charge in [0.2, 0.25) is 0 Å². The number of amides is 1. The van der Waals surface area contributed by atoms with E-state index in [4.69, 9.17) is 23.2 Å². The molecule has 0 bridgehead atoms. The average Bonchev–Trinajstić information content (AvgIpc) is 3.15. The summed E-state index contributed by atoms with van der Waals surface area (Å²) in [5.41, 5.74) is 4.04. The number of H-pyrrole nitrogens is 1. The molecule has 0 saturated carbocycles. The van der Waals surface area contributed by atoms with Crippen molar-refractivity contribution in [3.63, 3.8) is 0 Å². The van der Waals surface area contributed by atoms with Gasteiger partial charge in [-0.05, 0) is 42.0 Å². The second kappa shape index (κ2) is 8.37. The van der Waals surface area contributed by atoms with Crippen LogP contribution in [0.5, 0.6) is 0 Å². The molecule has 3 heterocycles. The third-order valence-electron chi connectivity index (χ3n) is 5.95. The SMILES string of the molecule is O=C(c1cccc(Cl)c1)N1Cc2[nH]c3ccc(Cl)cc3c2C(CC[n+]2ccccc2)C1. The molecule has 1 amide bonds. The third-order valence-corrected chi connectivity index (χ3v) is 6.42. The minimum atomic E-state index is 0.00204. The first-order valence-electron chi connectivity index (χ1n) is 10.4. The van der Waals surface area contributed by atoms with Crippen LogP contribution in [0.1, 0.15) is 34.0 Å². The second-order valence-corrected chi connectivity index (χ2v) is 8.87. The van der Waals surface area contributed by atoms with Gasteiger partial charge >= 0.3 is 0 Å². The fourth-order valence-corrected chi connectivity index (χ4v) is 4.89. The molecule has 0 spiro atoms. The van der Waals surface area contributed by atoms with E-state index in [1.165, 1.54) is 5.56 Å². The molecule has 5 rings (SSSR count). The van der Waals surface area contributed by atoms with Gasteiger partial charge in [-0.1, -0.05) is 35.3 Å². The number of benzene rings is 2. The van der Waals surface area contributed by atoms with Gasteiger partial charge in [-0.25, -0.2) is 4.57 Å². The average molecular weight is 451 g/mol. The highest BCUT2D eigenvalue weighted by Gasteiger charge is 2.32. The molecule has 2 aromatic carbocycles. The van der Waals surface area contributed by atoms with E-state index in [0.717, 1.165) is 34.6 Å². The molecule has 1 unspecified atom stereocenters. The van der Waals surface area contributed by atoms with Crippen molar-refractivity contribution in [3.05, 3.63) is 99.9 Å². The van der Waals surface area contributed by atoms with E-state index >= 15 is 0 Å². The van der Waals surface area contributed by atoms with Crippen LogP contribution in [0.2, 0.25) is 10.0 Å². The molecule has 1 atom stereocenters. The predicted octanol–water partition coefficient (Wildman–Crippen LogP) is 5.59. The van der Waals surface area contributed by atoms with Crippen LogP contribution in [0.15, 0.2) is 73.1 Å². The molecule has 1 N–H and O–H groups in total. The van der Waals surface area contributed by atoms with Gasteiger partial charge in [0.15, 0.2) is 12.4 Å². The minimum Gasteiger partial charge on any atom is -0.357 e. The maximum Gasteiger partial charge on any atom is 0.254 e. The smallest absolute Gasteiger partial charge is 0.254 e. The number of halogens is 2. The van der Waals surface area contributed by atoms with Crippen LogP contribution < -0.4 is 4.57 Å². The van der Waals surface area contributed by atoms with Gasteiger partial charge in [-0.15, -0.1) is 0 Å². The number of carbonyl (C=O) groups is 1. The Balaban J connectivity index is 1.50. The third kappa shape index (κ3) is 4.06. The zero-order chi connectivity index (χ0) is 21.4. The van der Waals surface area contributed by atoms with Crippen LogP contribution in [0, 0.1) is 0 Å². The van der Waals surface area contributed by atoms with Crippen molar-refractivity contribution in [2.45, 2.75) is 25.4 Å². The lowest BCUT2D eigenvalue weighted by atomic mass is 9.88. The fraction of sp³-hybridized carbons (Fsp3) is 0.200. The van der Waals surface area contributed by atoms with Crippen molar-refractivity contribution in [2.75, 3.05) is 6.54 Å². The molecule has 0 radical (unpaired) electrons. The zero-order valence-corrected chi connectivity index (χ0v) is 18.4. The molecule has 0 saturated heterocycles. The largest absolute Gasteiger partial charge is 0.357 e. The number of aryl methyl sites for hydroxylation is 1. The summed E-state index contributed by atoms with van der Waals surface area (Å²) in [7, 11) is 0. The number of hydrogen-bond acceptors (Lipinski definition) is 1. The van der Waals surface area contributed by atoms with E-state index in [1.54, 1.807) is 12.1 Å². The number of nitrogens with one attached hydrogen (secondary N) is 1. The van der Waals surface area contributed by atoms with E-state index in [0.29, 0.717) is 23.7 Å². The lowest BCUT2D eigenvalue weighted by Gasteiger charge is -2.33. The molecular weight excluding hydrogens is 429 g/mol. The molecular formula is C25H22Cl2N3O+. The van der Waals surface area contributed by atoms with E-state index in [2.05, 4.69) is 21.9 Å². The lowest BCUT2D eigenvalue weighted by molar-refractivity contribution is -0.697. The standard InChI is InChI=1S/C25H22Cl2N3O/c26-19-6-4-5-17(13-19)25(31)30-15-18(9-12-29-10-2-1-3-11-29)24-21-14-20(27)7-8-22(21)28-23(24)16-30/h1-8,10-11,13-14,18,28H,9,12,15-16H2/q+1. The summed E-state index contributed by atoms with van der Waals surface area (Å²) in [5, 5.41) is 2.45. The molecule has 6 heteroatoms. The summed E-state index contributed by atoms with van der Waals surface area (Å²) in [6.45, 7) is 2.07. The molecule has 0 fully saturated rings. The quantitative estimate of drug-likeness (QED) is 0.404. The maximum absolute atomic E-state index is 13.3. The van der Waals surface area contributed by atoms with Crippen LogP contribution in [-0.4, -0.2) is 22.3 Å². The van der Waals surface area contributed by atoms with Gasteiger partial charge in [0.1, 0.15) is 6.54 Å². The van der Waals surface area contributed by atoms with Gasteiger partial charge in [0.05, 0.1) is 6.54 Å². The number of aromatic nitrogens is 2. The van der Waals surface area contributed by atoms with Gasteiger partial charge in [-0.3, -0.25) is 4.79 Å². The van der Waals surface area contributed by atoms with Gasteiger partial charge < -0.3 is 9.88 Å². The number of nitrogens with zero attached hydrogens (tertiary/aromatic N) is 2. The monoisotopic (exact) mass is 450 g/mol. The van der Waals surface area contributed by atoms with E-state index in [9.17, 15) is 4.79 Å². The van der Waals surface area contributed by atoms with Crippen LogP contribution in [0.25, 0.3) is 10.9 Å². The number of carbonyl (C=O) groups excluding carboxylic acids is 1. The Morgan fingerprint density at radius 1 is 1.03 bits per heavy atom. The van der Waals surface area contributed by atoms with Crippen molar-refractivity contribution in [1.29, 1.82) is 0 Å². The minimum absolute atomic E-state index is 0.00204. The first kappa shape index (κ1) is 20.1. The molecule has 4 aromatic rings. The van der Waals surface area contributed by atoms with Crippen molar-refractivity contribution < 1.29 is 9.36 Å². The van der Waals surface area contributed by atoms with Crippen molar-refractivity contribution in [2.24, 2.45) is 0 Å². The predicted molar refractivity (Wildman–Crippen MR) is 123 cm³/mol. The summed E-state index contributed by atoms with van der Waals surface area (Å²) in [6.07, 6.45) is 5.07. The highest BCUT2D eigenvalue weighted by molar-refractivity contribution is 6.31. The van der Waals surface area contributed by atoms with Gasteiger partial charge in [0.25, 0.3) is 5.91 Å². The molecule has 31 heavy (non-hydrogen) atoms. The van der Waals surface area contributed by atoms with Crippen LogP contribution in [0.3, 0.4) is 0 Å². The topological polar surface area (TPSA) is 40.0 Å². The van der Waals surface area contributed by atoms with Crippen LogP contribution >= 0.6 is 23.2 Å². The van der Waals surface area contributed by atoms with Crippen LogP contribution in [-0.2, 0) is 13.1 Å². The first-order chi connectivity index (χ1) is 15.1. The normalized spacial score (nSPS) is 15.8. The molecule has 156 valence electrons. The molecule has 0 aliphatic carbocycles. The summed E-state index contributed by atoms with van der Waals surface area (Å²) >= 11 is 12.4. The van der Waals surface area contributed by atoms with Crippen molar-refractivity contribution in [1.82, 2.24) is 9.88 Å². The van der Waals surface area contributed by atoms with Crippen molar-refractivity contribution >= 4 is 40.0 Å². The Morgan fingerprint density at radius 2 is 1.84 bits per heavy atom. The summed E-state index contributed by atoms with van der Waals surface area (Å²) in [5.74, 6) is 0.203. The Labute approximate surface area is 191 Å². The highest BCUT2D eigenvalue weighted by Crippen LogP contribution is 2.38. The molecule has 1 aliphatic heterocycles. The number of pyridine rings is 1. The zero-order valence-electron chi connectivity index (χ0n) is 16.9. The van der Waals surface area contributed by atoms with Crippen molar-refractivity contribution in [3.8, 4) is 0 Å². The number of hydrogen-bond donors (Lipinski definition) is 1. The Bertz CT molecular complexity index is 1250. The van der Waals surface area contributed by atoms with E-state index in [1.807, 2.05) is 53.4 Å². The second-order valence-electron chi connectivity index (χ2n) is 8.00. The summed E-state index contributed by atoms with van der Waals surface area (Å²) in [6, 6.07) is 19.2. The highest BCUT2D eigenvalue weighted by atomic mass is 35.5. The van der Waals surface area contributed by atoms with Crippen LogP contribution in [0.4, 0.5) is 0 Å².